The molecule has 14 heteroatoms. The first-order valence-corrected chi connectivity index (χ1v) is 16.1. The number of halogens is 4. The molecule has 1 atom stereocenters. The Balaban J connectivity index is 0.00000172. The van der Waals surface area contributed by atoms with Crippen molar-refractivity contribution in [2.45, 2.75) is 57.5 Å². The Morgan fingerprint density at radius 3 is 2.62 bits per heavy atom. The molecular weight excluding hydrogens is 620 g/mol. The lowest BCUT2D eigenvalue weighted by Crippen LogP contribution is -2.53. The number of piperazine rings is 1. The van der Waals surface area contributed by atoms with Crippen LogP contribution in [0.15, 0.2) is 30.3 Å². The minimum Gasteiger partial charge on any atom is -0.508 e. The van der Waals surface area contributed by atoms with Gasteiger partial charge < -0.3 is 29.5 Å². The predicted octanol–water partition coefficient (Wildman–Crippen LogP) is 5.79. The first-order chi connectivity index (χ1) is 22.7. The molecule has 0 unspecified atom stereocenters. The largest absolute Gasteiger partial charge is 0.573 e. The zero-order valence-corrected chi connectivity index (χ0v) is 26.2. The lowest BCUT2D eigenvalue weighted by atomic mass is 9.95. The number of pyridine rings is 1. The van der Waals surface area contributed by atoms with E-state index < -0.39 is 17.9 Å². The van der Waals surface area contributed by atoms with E-state index in [1.54, 1.807) is 0 Å². The lowest BCUT2D eigenvalue weighted by molar-refractivity contribution is -0.274. The van der Waals surface area contributed by atoms with Gasteiger partial charge in [-0.05, 0) is 62.4 Å². The summed E-state index contributed by atoms with van der Waals surface area (Å²) in [5.74, 6) is -1.28. The zero-order valence-electron chi connectivity index (χ0n) is 26.2. The third-order valence-electron chi connectivity index (χ3n) is 9.43. The average Bonchev–Trinajstić information content (AvgIpc) is 3.59. The molecule has 2 aromatic heterocycles. The number of aromatic hydroxyl groups is 1. The molecule has 0 saturated carbocycles. The van der Waals surface area contributed by atoms with Gasteiger partial charge in [0.15, 0.2) is 5.82 Å². The van der Waals surface area contributed by atoms with Crippen LogP contribution in [0.1, 0.15) is 39.5 Å². The minimum absolute atomic E-state index is 0.00803. The molecule has 10 nitrogen and oxygen atoms in total. The Morgan fingerprint density at radius 2 is 1.85 bits per heavy atom. The first kappa shape index (κ1) is 31.4. The Bertz CT molecular complexity index is 1810. The van der Waals surface area contributed by atoms with Gasteiger partial charge in [-0.2, -0.15) is 9.97 Å². The van der Waals surface area contributed by atoms with Gasteiger partial charge in [0.05, 0.1) is 11.6 Å². The molecule has 3 saturated heterocycles. The van der Waals surface area contributed by atoms with E-state index in [9.17, 15) is 18.3 Å². The average molecular weight is 657 g/mol. The molecule has 4 aliphatic rings. The van der Waals surface area contributed by atoms with Crippen molar-refractivity contribution in [1.29, 1.82) is 0 Å². The summed E-state index contributed by atoms with van der Waals surface area (Å²) in [5.41, 5.74) is -0.689. The Labute approximate surface area is 268 Å². The highest BCUT2D eigenvalue weighted by Gasteiger charge is 2.45. The fourth-order valence-corrected chi connectivity index (χ4v) is 7.46. The van der Waals surface area contributed by atoms with E-state index in [0.29, 0.717) is 32.1 Å². The Hall–Kier alpha value is -4.17. The maximum atomic E-state index is 16.8. The number of hydrogen-bond donors (Lipinski definition) is 2. The monoisotopic (exact) mass is 656 g/mol. The highest BCUT2D eigenvalue weighted by molar-refractivity contribution is 6.04. The maximum absolute atomic E-state index is 16.8. The summed E-state index contributed by atoms with van der Waals surface area (Å²) < 4.78 is 73.8. The number of nitrogens with zero attached hydrogens (tertiary/aromatic N) is 5. The molecule has 0 spiro atoms. The van der Waals surface area contributed by atoms with Crippen LogP contribution >= 0.6 is 0 Å². The summed E-state index contributed by atoms with van der Waals surface area (Å²) in [6, 6.07) is 6.29. The van der Waals surface area contributed by atoms with Crippen LogP contribution in [0.3, 0.4) is 0 Å². The van der Waals surface area contributed by atoms with Gasteiger partial charge in [0, 0.05) is 30.6 Å². The van der Waals surface area contributed by atoms with Crippen LogP contribution < -0.4 is 24.4 Å². The van der Waals surface area contributed by atoms with Crippen molar-refractivity contribution in [3.8, 4) is 34.6 Å². The van der Waals surface area contributed by atoms with Crippen LogP contribution in [0.5, 0.6) is 23.4 Å². The van der Waals surface area contributed by atoms with Gasteiger partial charge >= 0.3 is 12.4 Å². The fourth-order valence-electron chi connectivity index (χ4n) is 7.46. The number of aromatic nitrogens is 3. The van der Waals surface area contributed by atoms with Crippen molar-refractivity contribution < 1.29 is 36.9 Å². The molecule has 0 amide bonds. The van der Waals surface area contributed by atoms with Gasteiger partial charge in [0.25, 0.3) is 0 Å². The minimum atomic E-state index is -5.01. The highest BCUT2D eigenvalue weighted by atomic mass is 19.4. The topological polar surface area (TPSA) is 105 Å². The number of nitrogens with one attached hydrogen (secondary N) is 1. The second kappa shape index (κ2) is 12.1. The van der Waals surface area contributed by atoms with Crippen molar-refractivity contribution in [3.05, 3.63) is 36.1 Å². The quantitative estimate of drug-likeness (QED) is 0.257. The maximum Gasteiger partial charge on any atom is 0.573 e. The Morgan fingerprint density at radius 1 is 1.06 bits per heavy atom. The summed E-state index contributed by atoms with van der Waals surface area (Å²) in [6.07, 6.45) is -0.843. The predicted molar refractivity (Wildman–Crippen MR) is 168 cm³/mol. The number of benzene rings is 2. The second-order valence-corrected chi connectivity index (χ2v) is 12.1. The number of phenolic OH excluding ortho intramolecular Hbond substituents is 1. The van der Waals surface area contributed by atoms with Crippen molar-refractivity contribution in [2.24, 2.45) is 0 Å². The molecule has 2 aromatic carbocycles. The van der Waals surface area contributed by atoms with Crippen LogP contribution in [-0.2, 0) is 0 Å². The molecule has 4 aliphatic heterocycles. The van der Waals surface area contributed by atoms with E-state index in [1.807, 2.05) is 18.7 Å². The number of alkyl halides is 3. The lowest BCUT2D eigenvalue weighted by Gasteiger charge is -2.35. The number of anilines is 1. The molecule has 0 aliphatic carbocycles. The number of ether oxygens (including phenoxy) is 3. The van der Waals surface area contributed by atoms with Crippen LogP contribution in [0.4, 0.5) is 23.4 Å². The molecule has 0 bridgehead atoms. The summed E-state index contributed by atoms with van der Waals surface area (Å²) in [5, 5.41) is 14.3. The van der Waals surface area contributed by atoms with Crippen LogP contribution in [-0.4, -0.2) is 88.8 Å². The third kappa shape index (κ3) is 5.60. The molecule has 0 radical (unpaired) electrons. The van der Waals surface area contributed by atoms with E-state index in [1.165, 1.54) is 18.2 Å². The van der Waals surface area contributed by atoms with Gasteiger partial charge in [-0.3, -0.25) is 4.90 Å². The van der Waals surface area contributed by atoms with Crippen molar-refractivity contribution in [1.82, 2.24) is 25.2 Å². The van der Waals surface area contributed by atoms with E-state index in [2.05, 4.69) is 24.9 Å². The Kier molecular flexibility index (Phi) is 8.11. The van der Waals surface area contributed by atoms with Gasteiger partial charge in [0.2, 0.25) is 5.88 Å². The van der Waals surface area contributed by atoms with E-state index in [-0.39, 0.29) is 68.8 Å². The molecule has 6 heterocycles. The van der Waals surface area contributed by atoms with Crippen LogP contribution in [0, 0.1) is 5.82 Å². The van der Waals surface area contributed by atoms with Gasteiger partial charge in [0.1, 0.15) is 47.1 Å². The standard InChI is InChI=1S/C31H30F4N6O4.C2H6/c32-24-25(20-13-19(42)12-17-4-1-5-21(22(17)20)45-31(33,34)35)37-28-23-26(24)38-29(44-16-30-6-2-9-40(30)10-3-7-30)39-27(23)41-11-8-36-14-18(41)15-43-28;1-2/h1,4-5,12-13,18,36,42H,2-3,6-11,14-16H2;1-2H3/t18-;/m0./s1. The molecule has 4 aromatic rings. The SMILES string of the molecule is CC.Oc1cc(-c2nc3c4c(nc(OCC56CCCN5CCC6)nc4c2F)N2CCNC[C@H]2CO3)c2c(OC(F)(F)F)cccc2c1. The highest BCUT2D eigenvalue weighted by Crippen LogP contribution is 2.45. The normalized spacial score (nSPS) is 20.2. The number of rotatable bonds is 5. The van der Waals surface area contributed by atoms with Crippen molar-refractivity contribution in [3.63, 3.8) is 0 Å². The van der Waals surface area contributed by atoms with E-state index >= 15 is 4.39 Å². The third-order valence-corrected chi connectivity index (χ3v) is 9.43. The van der Waals surface area contributed by atoms with Crippen molar-refractivity contribution >= 4 is 27.5 Å². The van der Waals surface area contributed by atoms with Gasteiger partial charge in [-0.1, -0.05) is 26.0 Å². The molecule has 8 rings (SSSR count). The number of hydrogen-bond acceptors (Lipinski definition) is 10. The number of phenols is 1. The summed E-state index contributed by atoms with van der Waals surface area (Å²) in [4.78, 5) is 18.3. The van der Waals surface area contributed by atoms with Gasteiger partial charge in [-0.15, -0.1) is 13.2 Å². The first-order valence-electron chi connectivity index (χ1n) is 16.1. The number of fused-ring (bicyclic) bond motifs is 4. The summed E-state index contributed by atoms with van der Waals surface area (Å²) in [7, 11) is 0. The second-order valence-electron chi connectivity index (χ2n) is 12.1. The van der Waals surface area contributed by atoms with Crippen molar-refractivity contribution in [2.75, 3.05) is 50.8 Å². The van der Waals surface area contributed by atoms with Crippen LogP contribution in [0.25, 0.3) is 32.9 Å². The summed E-state index contributed by atoms with van der Waals surface area (Å²) in [6.45, 7) is 8.44. The molecule has 3 fully saturated rings. The molecular formula is C33H36F4N6O4. The zero-order chi connectivity index (χ0) is 32.9. The van der Waals surface area contributed by atoms with Crippen LogP contribution in [0.2, 0.25) is 0 Å². The summed E-state index contributed by atoms with van der Waals surface area (Å²) >= 11 is 0. The fraction of sp³-hybridized carbons (Fsp3) is 0.485. The smallest absolute Gasteiger partial charge is 0.508 e. The van der Waals surface area contributed by atoms with E-state index in [0.717, 1.165) is 50.9 Å². The molecule has 2 N–H and O–H groups in total. The molecule has 250 valence electrons. The van der Waals surface area contributed by atoms with Gasteiger partial charge in [-0.25, -0.2) is 9.37 Å². The molecule has 47 heavy (non-hydrogen) atoms. The van der Waals surface area contributed by atoms with E-state index in [4.69, 9.17) is 14.5 Å².